The molecule has 0 spiro atoms. The van der Waals surface area contributed by atoms with Crippen molar-refractivity contribution in [2.75, 3.05) is 6.54 Å². The molecule has 0 radical (unpaired) electrons. The summed E-state index contributed by atoms with van der Waals surface area (Å²) >= 11 is 1.60. The van der Waals surface area contributed by atoms with Crippen molar-refractivity contribution in [2.24, 2.45) is 0 Å². The molecule has 2 bridgehead atoms. The second-order valence-electron chi connectivity index (χ2n) is 6.45. The summed E-state index contributed by atoms with van der Waals surface area (Å²) in [5, 5.41) is 5.98. The van der Waals surface area contributed by atoms with Gasteiger partial charge in [-0.2, -0.15) is 0 Å². The van der Waals surface area contributed by atoms with Gasteiger partial charge in [0, 0.05) is 36.0 Å². The summed E-state index contributed by atoms with van der Waals surface area (Å²) in [5.74, 6) is 0.307. The van der Waals surface area contributed by atoms with Gasteiger partial charge >= 0.3 is 6.03 Å². The zero-order valence-electron chi connectivity index (χ0n) is 13.5. The topological polar surface area (TPSA) is 54.5 Å². The van der Waals surface area contributed by atoms with Crippen molar-refractivity contribution in [3.05, 3.63) is 45.7 Å². The normalized spacial score (nSPS) is 25.0. The quantitative estimate of drug-likeness (QED) is 0.926. The van der Waals surface area contributed by atoms with Gasteiger partial charge in [-0.1, -0.05) is 0 Å². The third-order valence-corrected chi connectivity index (χ3v) is 5.62. The van der Waals surface area contributed by atoms with Crippen molar-refractivity contribution in [1.29, 1.82) is 0 Å². The molecule has 1 saturated heterocycles. The smallest absolute Gasteiger partial charge is 0.320 e. The number of aromatic nitrogens is 1. The van der Waals surface area contributed by atoms with Crippen LogP contribution in [0.2, 0.25) is 0 Å². The van der Waals surface area contributed by atoms with Crippen molar-refractivity contribution in [3.8, 4) is 5.75 Å². The Balaban J connectivity index is 1.59. The average molecular weight is 347 g/mol. The molecule has 3 heterocycles. The first kappa shape index (κ1) is 15.4. The minimum Gasteiger partial charge on any atom is -0.468 e. The van der Waals surface area contributed by atoms with Crippen LogP contribution in [-0.2, 0) is 6.42 Å². The zero-order chi connectivity index (χ0) is 16.9. The van der Waals surface area contributed by atoms with Gasteiger partial charge in [-0.25, -0.2) is 14.2 Å². The number of hydrogen-bond acceptors (Lipinski definition) is 4. The van der Waals surface area contributed by atoms with E-state index in [4.69, 9.17) is 4.74 Å². The van der Waals surface area contributed by atoms with Crippen LogP contribution in [0.4, 0.5) is 9.18 Å². The number of carbonyl (C=O) groups excluding carboxylic acids is 1. The molecule has 2 aliphatic rings. The van der Waals surface area contributed by atoms with Crippen LogP contribution >= 0.6 is 11.3 Å². The lowest BCUT2D eigenvalue weighted by atomic mass is 9.90. The van der Waals surface area contributed by atoms with Crippen LogP contribution in [0.1, 0.15) is 35.7 Å². The summed E-state index contributed by atoms with van der Waals surface area (Å²) in [6.45, 7) is 4.40. The zero-order valence-corrected chi connectivity index (χ0v) is 14.3. The highest BCUT2D eigenvalue weighted by molar-refractivity contribution is 7.09. The van der Waals surface area contributed by atoms with Crippen LogP contribution in [-0.4, -0.2) is 28.2 Å². The van der Waals surface area contributed by atoms with E-state index in [0.29, 0.717) is 30.7 Å². The Kier molecular flexibility index (Phi) is 3.49. The van der Waals surface area contributed by atoms with E-state index >= 15 is 0 Å². The fourth-order valence-corrected chi connectivity index (χ4v) is 4.22. The van der Waals surface area contributed by atoms with Gasteiger partial charge in [0.25, 0.3) is 0 Å². The molecule has 2 aliphatic heterocycles. The van der Waals surface area contributed by atoms with Gasteiger partial charge in [0.05, 0.1) is 11.0 Å². The molecular formula is C17H18FN3O2S. The van der Waals surface area contributed by atoms with E-state index in [1.807, 2.05) is 19.2 Å². The van der Waals surface area contributed by atoms with E-state index in [-0.39, 0.29) is 17.9 Å². The number of benzene rings is 1. The van der Waals surface area contributed by atoms with E-state index in [9.17, 15) is 9.18 Å². The molecule has 0 aliphatic carbocycles. The van der Waals surface area contributed by atoms with Crippen LogP contribution in [0.15, 0.2) is 23.6 Å². The molecule has 4 rings (SSSR count). The number of aryl methyl sites for hydroxylation is 1. The fourth-order valence-electron chi connectivity index (χ4n) is 3.45. The number of halogens is 1. The molecule has 2 atom stereocenters. The number of urea groups is 1. The minimum absolute atomic E-state index is 0.183. The monoisotopic (exact) mass is 347 g/mol. The third-order valence-electron chi connectivity index (χ3n) is 4.59. The Bertz CT molecular complexity index is 809. The molecule has 1 fully saturated rings. The van der Waals surface area contributed by atoms with Gasteiger partial charge in [-0.15, -0.1) is 11.3 Å². The molecule has 2 unspecified atom stereocenters. The maximum atomic E-state index is 13.5. The predicted octanol–water partition coefficient (Wildman–Crippen LogP) is 3.40. The van der Waals surface area contributed by atoms with Crippen molar-refractivity contribution in [2.45, 2.75) is 38.5 Å². The SMILES string of the molecule is Cc1csc(CCN2C(=O)NC3CC2(C)Oc2ccc(F)cc23)n1. The van der Waals surface area contributed by atoms with Crippen LogP contribution in [0.5, 0.6) is 5.75 Å². The summed E-state index contributed by atoms with van der Waals surface area (Å²) in [6.07, 6.45) is 1.28. The molecule has 0 saturated carbocycles. The Hall–Kier alpha value is -2.15. The van der Waals surface area contributed by atoms with Crippen LogP contribution in [0.25, 0.3) is 0 Å². The molecule has 5 nitrogen and oxygen atoms in total. The summed E-state index contributed by atoms with van der Waals surface area (Å²) in [6, 6.07) is 4.05. The van der Waals surface area contributed by atoms with Crippen LogP contribution in [0, 0.1) is 12.7 Å². The lowest BCUT2D eigenvalue weighted by Gasteiger charge is -2.50. The lowest BCUT2D eigenvalue weighted by molar-refractivity contribution is -0.0833. The predicted molar refractivity (Wildman–Crippen MR) is 88.6 cm³/mol. The fraction of sp³-hybridized carbons (Fsp3) is 0.412. The number of rotatable bonds is 3. The second-order valence-corrected chi connectivity index (χ2v) is 7.39. The van der Waals surface area contributed by atoms with Crippen LogP contribution in [0.3, 0.4) is 0 Å². The number of ether oxygens (including phenoxy) is 1. The van der Waals surface area contributed by atoms with E-state index < -0.39 is 5.72 Å². The molecule has 126 valence electrons. The van der Waals surface area contributed by atoms with Crippen molar-refractivity contribution < 1.29 is 13.9 Å². The summed E-state index contributed by atoms with van der Waals surface area (Å²) < 4.78 is 19.6. The standard InChI is InChI=1S/C17H18FN3O2S/c1-10-9-24-15(19-10)5-6-21-16(22)20-13-8-17(21,2)23-14-4-3-11(18)7-12(13)14/h3-4,7,9,13H,5-6,8H2,1-2H3,(H,20,22). The molecule has 1 aromatic carbocycles. The van der Waals surface area contributed by atoms with Crippen molar-refractivity contribution >= 4 is 17.4 Å². The Morgan fingerprint density at radius 1 is 1.54 bits per heavy atom. The van der Waals surface area contributed by atoms with Gasteiger partial charge in [0.2, 0.25) is 0 Å². The van der Waals surface area contributed by atoms with Gasteiger partial charge in [-0.3, -0.25) is 4.90 Å². The number of thiazole rings is 1. The molecule has 24 heavy (non-hydrogen) atoms. The largest absolute Gasteiger partial charge is 0.468 e. The Morgan fingerprint density at radius 3 is 3.12 bits per heavy atom. The molecular weight excluding hydrogens is 329 g/mol. The molecule has 2 aromatic rings. The van der Waals surface area contributed by atoms with Gasteiger partial charge in [-0.05, 0) is 32.0 Å². The molecule has 2 amide bonds. The molecule has 1 N–H and O–H groups in total. The summed E-state index contributed by atoms with van der Waals surface area (Å²) in [5.41, 5.74) is 0.967. The van der Waals surface area contributed by atoms with Crippen molar-refractivity contribution in [1.82, 2.24) is 15.2 Å². The third kappa shape index (κ3) is 2.53. The van der Waals surface area contributed by atoms with Crippen LogP contribution < -0.4 is 10.1 Å². The first-order chi connectivity index (χ1) is 11.4. The van der Waals surface area contributed by atoms with Crippen molar-refractivity contribution in [3.63, 3.8) is 0 Å². The summed E-state index contributed by atoms with van der Waals surface area (Å²) in [4.78, 5) is 18.7. The Labute approximate surface area is 143 Å². The van der Waals surface area contributed by atoms with Gasteiger partial charge in [0.1, 0.15) is 11.6 Å². The average Bonchev–Trinajstić information content (AvgIpc) is 2.93. The van der Waals surface area contributed by atoms with Gasteiger partial charge < -0.3 is 10.1 Å². The minimum atomic E-state index is -0.732. The number of nitrogens with one attached hydrogen (secondary N) is 1. The highest BCUT2D eigenvalue weighted by atomic mass is 32.1. The number of fused-ring (bicyclic) bond motifs is 4. The number of carbonyl (C=O) groups is 1. The Morgan fingerprint density at radius 2 is 2.38 bits per heavy atom. The van der Waals surface area contributed by atoms with Gasteiger partial charge in [0.15, 0.2) is 5.72 Å². The number of nitrogens with zero attached hydrogens (tertiary/aromatic N) is 2. The van der Waals surface area contributed by atoms with E-state index in [1.54, 1.807) is 22.3 Å². The highest BCUT2D eigenvalue weighted by Gasteiger charge is 2.48. The lowest BCUT2D eigenvalue weighted by Crippen LogP contribution is -2.65. The summed E-state index contributed by atoms with van der Waals surface area (Å²) in [7, 11) is 0. The second kappa shape index (κ2) is 5.44. The number of amides is 2. The first-order valence-electron chi connectivity index (χ1n) is 7.92. The van der Waals surface area contributed by atoms with E-state index in [2.05, 4.69) is 10.3 Å². The number of hydrogen-bond donors (Lipinski definition) is 1. The maximum Gasteiger partial charge on any atom is 0.320 e. The maximum absolute atomic E-state index is 13.5. The van der Waals surface area contributed by atoms with E-state index in [0.717, 1.165) is 10.7 Å². The first-order valence-corrected chi connectivity index (χ1v) is 8.80. The molecule has 7 heteroatoms. The van der Waals surface area contributed by atoms with E-state index in [1.165, 1.54) is 12.1 Å². The highest BCUT2D eigenvalue weighted by Crippen LogP contribution is 2.44. The molecule has 1 aromatic heterocycles.